The second kappa shape index (κ2) is 5.88. The Labute approximate surface area is 153 Å². The minimum atomic E-state index is -0.368. The summed E-state index contributed by atoms with van der Waals surface area (Å²) in [6.45, 7) is 0. The van der Waals surface area contributed by atoms with Crippen LogP contribution in [0.2, 0.25) is 0 Å². The van der Waals surface area contributed by atoms with Crippen LogP contribution >= 0.6 is 0 Å². The first-order chi connectivity index (χ1) is 13.2. The molecule has 0 unspecified atom stereocenters. The van der Waals surface area contributed by atoms with Gasteiger partial charge in [-0.3, -0.25) is 10.1 Å². The summed E-state index contributed by atoms with van der Waals surface area (Å²) >= 11 is 0. The average Bonchev–Trinajstić information content (AvgIpc) is 3.03. The van der Waals surface area contributed by atoms with Crippen LogP contribution in [-0.4, -0.2) is 19.9 Å². The van der Waals surface area contributed by atoms with Gasteiger partial charge in [-0.1, -0.05) is 30.3 Å². The Morgan fingerprint density at radius 3 is 2.48 bits per heavy atom. The molecule has 0 fully saturated rings. The molecule has 3 aromatic carbocycles. The SMILES string of the molecule is O=[N+]([O-])c1cccc(Cc2ccc3[nH]c4nc5ccccc5nc4c3c2)c1. The summed E-state index contributed by atoms with van der Waals surface area (Å²) in [5.41, 5.74) is 6.36. The largest absolute Gasteiger partial charge is 0.338 e. The molecule has 2 heterocycles. The highest BCUT2D eigenvalue weighted by molar-refractivity contribution is 6.05. The molecular formula is C21H14N4O2. The van der Waals surface area contributed by atoms with Crippen molar-refractivity contribution in [3.8, 4) is 0 Å². The molecule has 0 aliphatic heterocycles. The lowest BCUT2D eigenvalue weighted by Gasteiger charge is -2.03. The van der Waals surface area contributed by atoms with E-state index >= 15 is 0 Å². The van der Waals surface area contributed by atoms with E-state index in [0.29, 0.717) is 6.42 Å². The predicted octanol–water partition coefficient (Wildman–Crippen LogP) is 4.76. The molecule has 0 atom stereocenters. The van der Waals surface area contributed by atoms with Crippen LogP contribution < -0.4 is 0 Å². The first-order valence-corrected chi connectivity index (χ1v) is 8.58. The zero-order valence-electron chi connectivity index (χ0n) is 14.2. The molecule has 27 heavy (non-hydrogen) atoms. The standard InChI is InChI=1S/C21H14N4O2/c26-25(27)15-5-3-4-13(11-15)10-14-8-9-17-16(12-14)20-21(23-17)24-19-7-2-1-6-18(19)22-20/h1-9,11-12H,10H2,(H,23,24). The third-order valence-corrected chi connectivity index (χ3v) is 4.69. The molecule has 2 aromatic heterocycles. The molecule has 0 amide bonds. The Morgan fingerprint density at radius 1 is 0.889 bits per heavy atom. The molecule has 1 N–H and O–H groups in total. The highest BCUT2D eigenvalue weighted by Crippen LogP contribution is 2.27. The highest BCUT2D eigenvalue weighted by atomic mass is 16.6. The Hall–Kier alpha value is -3.80. The van der Waals surface area contributed by atoms with Gasteiger partial charge in [0.15, 0.2) is 5.65 Å². The summed E-state index contributed by atoms with van der Waals surface area (Å²) in [6, 6.07) is 20.7. The predicted molar refractivity (Wildman–Crippen MR) is 105 cm³/mol. The second-order valence-corrected chi connectivity index (χ2v) is 6.52. The Balaban J connectivity index is 1.62. The van der Waals surface area contributed by atoms with Gasteiger partial charge in [0.05, 0.1) is 16.0 Å². The van der Waals surface area contributed by atoms with Crippen LogP contribution in [0, 0.1) is 10.1 Å². The molecule has 0 saturated carbocycles. The Morgan fingerprint density at radius 2 is 1.67 bits per heavy atom. The van der Waals surface area contributed by atoms with Gasteiger partial charge in [0.25, 0.3) is 5.69 Å². The number of H-pyrrole nitrogens is 1. The molecule has 130 valence electrons. The van der Waals surface area contributed by atoms with Crippen molar-refractivity contribution in [2.24, 2.45) is 0 Å². The van der Waals surface area contributed by atoms with E-state index in [1.165, 1.54) is 6.07 Å². The number of nitrogens with zero attached hydrogens (tertiary/aromatic N) is 3. The van der Waals surface area contributed by atoms with Crippen molar-refractivity contribution in [1.82, 2.24) is 15.0 Å². The minimum Gasteiger partial charge on any atom is -0.338 e. The van der Waals surface area contributed by atoms with Crippen molar-refractivity contribution in [1.29, 1.82) is 0 Å². The molecule has 0 radical (unpaired) electrons. The summed E-state index contributed by atoms with van der Waals surface area (Å²) in [5.74, 6) is 0. The molecule has 0 spiro atoms. The lowest BCUT2D eigenvalue weighted by molar-refractivity contribution is -0.384. The maximum Gasteiger partial charge on any atom is 0.269 e. The van der Waals surface area contributed by atoms with Gasteiger partial charge in [0, 0.05) is 23.0 Å². The fourth-order valence-corrected chi connectivity index (χ4v) is 3.42. The molecule has 6 nitrogen and oxygen atoms in total. The summed E-state index contributed by atoms with van der Waals surface area (Å²) in [4.78, 5) is 23.4. The van der Waals surface area contributed by atoms with Gasteiger partial charge in [-0.05, 0) is 41.8 Å². The quantitative estimate of drug-likeness (QED) is 0.374. The van der Waals surface area contributed by atoms with Crippen molar-refractivity contribution in [3.05, 3.63) is 88.0 Å². The normalized spacial score (nSPS) is 11.4. The van der Waals surface area contributed by atoms with E-state index in [0.717, 1.165) is 44.2 Å². The molecule has 0 bridgehead atoms. The van der Waals surface area contributed by atoms with Crippen molar-refractivity contribution >= 4 is 38.8 Å². The van der Waals surface area contributed by atoms with Gasteiger partial charge in [0.1, 0.15) is 5.52 Å². The number of hydrogen-bond acceptors (Lipinski definition) is 4. The monoisotopic (exact) mass is 354 g/mol. The van der Waals surface area contributed by atoms with Gasteiger partial charge in [-0.2, -0.15) is 0 Å². The van der Waals surface area contributed by atoms with Gasteiger partial charge < -0.3 is 4.98 Å². The summed E-state index contributed by atoms with van der Waals surface area (Å²) in [6.07, 6.45) is 0.616. The second-order valence-electron chi connectivity index (χ2n) is 6.52. The number of aromatic amines is 1. The molecular weight excluding hydrogens is 340 g/mol. The third kappa shape index (κ3) is 2.67. The topological polar surface area (TPSA) is 84.7 Å². The summed E-state index contributed by atoms with van der Waals surface area (Å²) in [7, 11) is 0. The molecule has 5 aromatic rings. The van der Waals surface area contributed by atoms with Crippen molar-refractivity contribution in [3.63, 3.8) is 0 Å². The fraction of sp³-hybridized carbons (Fsp3) is 0.0476. The van der Waals surface area contributed by atoms with Crippen LogP contribution in [-0.2, 0) is 6.42 Å². The maximum absolute atomic E-state index is 11.0. The molecule has 6 heteroatoms. The van der Waals surface area contributed by atoms with E-state index in [1.54, 1.807) is 12.1 Å². The number of benzene rings is 3. The summed E-state index contributed by atoms with van der Waals surface area (Å²) < 4.78 is 0. The van der Waals surface area contributed by atoms with Crippen LogP contribution in [0.25, 0.3) is 33.1 Å². The van der Waals surface area contributed by atoms with Crippen LogP contribution in [0.4, 0.5) is 5.69 Å². The number of para-hydroxylation sites is 2. The molecule has 0 saturated heterocycles. The number of non-ortho nitro benzene ring substituents is 1. The van der Waals surface area contributed by atoms with Gasteiger partial charge in [-0.25, -0.2) is 9.97 Å². The van der Waals surface area contributed by atoms with Crippen LogP contribution in [0.3, 0.4) is 0 Å². The number of rotatable bonds is 3. The van der Waals surface area contributed by atoms with Crippen LogP contribution in [0.15, 0.2) is 66.7 Å². The highest BCUT2D eigenvalue weighted by Gasteiger charge is 2.11. The van der Waals surface area contributed by atoms with E-state index in [2.05, 4.69) is 16.0 Å². The minimum absolute atomic E-state index is 0.109. The fourth-order valence-electron chi connectivity index (χ4n) is 3.42. The van der Waals surface area contributed by atoms with E-state index in [-0.39, 0.29) is 10.6 Å². The number of nitrogens with one attached hydrogen (secondary N) is 1. The lowest BCUT2D eigenvalue weighted by atomic mass is 10.0. The van der Waals surface area contributed by atoms with Crippen molar-refractivity contribution < 1.29 is 4.92 Å². The third-order valence-electron chi connectivity index (χ3n) is 4.69. The molecule has 0 aliphatic carbocycles. The number of nitro benzene ring substituents is 1. The van der Waals surface area contributed by atoms with Gasteiger partial charge >= 0.3 is 0 Å². The number of hydrogen-bond donors (Lipinski definition) is 1. The Bertz CT molecular complexity index is 1340. The zero-order chi connectivity index (χ0) is 18.4. The lowest BCUT2D eigenvalue weighted by Crippen LogP contribution is -1.92. The van der Waals surface area contributed by atoms with Gasteiger partial charge in [-0.15, -0.1) is 0 Å². The first kappa shape index (κ1) is 15.5. The van der Waals surface area contributed by atoms with E-state index in [9.17, 15) is 10.1 Å². The number of aromatic nitrogens is 3. The maximum atomic E-state index is 11.0. The van der Waals surface area contributed by atoms with Crippen molar-refractivity contribution in [2.75, 3.05) is 0 Å². The van der Waals surface area contributed by atoms with E-state index < -0.39 is 0 Å². The zero-order valence-corrected chi connectivity index (χ0v) is 14.2. The molecule has 0 aliphatic rings. The average molecular weight is 354 g/mol. The van der Waals surface area contributed by atoms with Crippen LogP contribution in [0.1, 0.15) is 11.1 Å². The van der Waals surface area contributed by atoms with E-state index in [1.807, 2.05) is 42.5 Å². The van der Waals surface area contributed by atoms with Crippen molar-refractivity contribution in [2.45, 2.75) is 6.42 Å². The van der Waals surface area contributed by atoms with Gasteiger partial charge in [0.2, 0.25) is 0 Å². The van der Waals surface area contributed by atoms with E-state index in [4.69, 9.17) is 4.98 Å². The first-order valence-electron chi connectivity index (χ1n) is 8.58. The Kier molecular flexibility index (Phi) is 3.36. The molecule has 5 rings (SSSR count). The number of nitro groups is 1. The summed E-state index contributed by atoms with van der Waals surface area (Å²) in [5, 5.41) is 12.0. The number of fused-ring (bicyclic) bond motifs is 4. The smallest absolute Gasteiger partial charge is 0.269 e. The van der Waals surface area contributed by atoms with Crippen LogP contribution in [0.5, 0.6) is 0 Å².